The van der Waals surface area contributed by atoms with Crippen LogP contribution in [0.5, 0.6) is 0 Å². The van der Waals surface area contributed by atoms with Crippen molar-refractivity contribution >= 4 is 28.1 Å². The van der Waals surface area contributed by atoms with Crippen molar-refractivity contribution in [1.29, 1.82) is 5.26 Å². The third-order valence-electron chi connectivity index (χ3n) is 3.43. The molecule has 1 saturated heterocycles. The lowest BCUT2D eigenvalue weighted by Crippen LogP contribution is -2.24. The maximum atomic E-state index is 9.26. The van der Waals surface area contributed by atoms with E-state index < -0.39 is 0 Å². The lowest BCUT2D eigenvalue weighted by Gasteiger charge is -2.21. The number of methoxy groups -OCH3 is 1. The molecule has 0 aromatic carbocycles. The minimum absolute atomic E-state index is 0.0228. The Labute approximate surface area is 130 Å². The van der Waals surface area contributed by atoms with Gasteiger partial charge < -0.3 is 14.2 Å². The molecule has 0 aliphatic carbocycles. The van der Waals surface area contributed by atoms with Crippen LogP contribution in [-0.4, -0.2) is 34.3 Å². The van der Waals surface area contributed by atoms with Gasteiger partial charge in [-0.3, -0.25) is 0 Å². The van der Waals surface area contributed by atoms with Gasteiger partial charge in [0.25, 0.3) is 0 Å². The summed E-state index contributed by atoms with van der Waals surface area (Å²) in [6.45, 7) is 2.39. The van der Waals surface area contributed by atoms with Gasteiger partial charge in [-0.25, -0.2) is 0 Å². The highest BCUT2D eigenvalue weighted by atomic mass is 35.5. The van der Waals surface area contributed by atoms with Crippen molar-refractivity contribution in [2.24, 2.45) is 0 Å². The number of anilines is 1. The quantitative estimate of drug-likeness (QED) is 0.855. The molecule has 7 nitrogen and oxygen atoms in total. The van der Waals surface area contributed by atoms with Crippen molar-refractivity contribution in [3.63, 3.8) is 0 Å². The molecule has 1 fully saturated rings. The maximum Gasteiger partial charge on any atom is 0.249 e. The number of nitriles is 1. The van der Waals surface area contributed by atoms with E-state index in [0.717, 1.165) is 0 Å². The average Bonchev–Trinajstić information content (AvgIpc) is 3.16. The monoisotopic (exact) mass is 325 g/mol. The Morgan fingerprint density at radius 3 is 3.00 bits per heavy atom. The van der Waals surface area contributed by atoms with E-state index in [1.54, 1.807) is 14.0 Å². The summed E-state index contributed by atoms with van der Waals surface area (Å²) < 4.78 is 14.8. The SMILES string of the molecule is CO[C@H]1C[C@H](c2nc(C)no2)N(c2snc(Cl)c2C#N)C1. The minimum Gasteiger partial charge on any atom is -0.380 e. The van der Waals surface area contributed by atoms with Crippen LogP contribution >= 0.6 is 23.1 Å². The second-order valence-corrected chi connectivity index (χ2v) is 5.82. The summed E-state index contributed by atoms with van der Waals surface area (Å²) in [7, 11) is 1.66. The van der Waals surface area contributed by atoms with E-state index in [1.807, 2.05) is 4.90 Å². The lowest BCUT2D eigenvalue weighted by molar-refractivity contribution is 0.117. The molecule has 0 N–H and O–H groups in total. The molecule has 21 heavy (non-hydrogen) atoms. The predicted molar refractivity (Wildman–Crippen MR) is 76.4 cm³/mol. The molecule has 1 aliphatic rings. The summed E-state index contributed by atoms with van der Waals surface area (Å²) in [5, 5.41) is 14.0. The Bertz CT molecular complexity index is 694. The van der Waals surface area contributed by atoms with Gasteiger partial charge in [-0.2, -0.15) is 14.6 Å². The number of rotatable bonds is 3. The summed E-state index contributed by atoms with van der Waals surface area (Å²) >= 11 is 7.15. The van der Waals surface area contributed by atoms with Crippen molar-refractivity contribution in [2.75, 3.05) is 18.6 Å². The summed E-state index contributed by atoms with van der Waals surface area (Å²) in [5.74, 6) is 1.09. The first-order valence-electron chi connectivity index (χ1n) is 6.29. The Balaban J connectivity index is 2.00. The van der Waals surface area contributed by atoms with Gasteiger partial charge in [0, 0.05) is 20.1 Å². The van der Waals surface area contributed by atoms with Crippen LogP contribution in [0.3, 0.4) is 0 Å². The number of ether oxygens (including phenoxy) is 1. The van der Waals surface area contributed by atoms with Gasteiger partial charge in [0.2, 0.25) is 5.89 Å². The van der Waals surface area contributed by atoms with Crippen LogP contribution in [0.1, 0.15) is 29.7 Å². The van der Waals surface area contributed by atoms with Crippen molar-refractivity contribution in [3.8, 4) is 6.07 Å². The molecule has 0 radical (unpaired) electrons. The molecule has 0 bridgehead atoms. The molecule has 3 rings (SSSR count). The van der Waals surface area contributed by atoms with Crippen LogP contribution in [0.15, 0.2) is 4.52 Å². The van der Waals surface area contributed by atoms with Crippen molar-refractivity contribution in [3.05, 3.63) is 22.4 Å². The molecular weight excluding hydrogens is 314 g/mol. The molecular formula is C12H12ClN5O2S. The Morgan fingerprint density at radius 2 is 2.38 bits per heavy atom. The largest absolute Gasteiger partial charge is 0.380 e. The van der Waals surface area contributed by atoms with Crippen LogP contribution in [0.2, 0.25) is 5.15 Å². The zero-order valence-corrected chi connectivity index (χ0v) is 13.0. The van der Waals surface area contributed by atoms with Gasteiger partial charge in [0.15, 0.2) is 11.0 Å². The zero-order valence-electron chi connectivity index (χ0n) is 11.4. The molecule has 9 heteroatoms. The van der Waals surface area contributed by atoms with Crippen molar-refractivity contribution in [1.82, 2.24) is 14.5 Å². The molecule has 1 aliphatic heterocycles. The predicted octanol–water partition coefficient (Wildman–Crippen LogP) is 2.33. The second-order valence-electron chi connectivity index (χ2n) is 4.71. The molecule has 0 amide bonds. The summed E-state index contributed by atoms with van der Waals surface area (Å²) in [5.41, 5.74) is 0.375. The summed E-state index contributed by atoms with van der Waals surface area (Å²) in [4.78, 5) is 6.30. The molecule has 0 spiro atoms. The second kappa shape index (κ2) is 5.60. The minimum atomic E-state index is -0.139. The highest BCUT2D eigenvalue weighted by Gasteiger charge is 2.39. The van der Waals surface area contributed by atoms with Crippen molar-refractivity contribution in [2.45, 2.75) is 25.5 Å². The maximum absolute atomic E-state index is 9.26. The van der Waals surface area contributed by atoms with E-state index in [0.29, 0.717) is 35.2 Å². The molecule has 110 valence electrons. The zero-order chi connectivity index (χ0) is 15.0. The fraction of sp³-hybridized carbons (Fsp3) is 0.500. The summed E-state index contributed by atoms with van der Waals surface area (Å²) in [6, 6.07) is 1.96. The topological polar surface area (TPSA) is 88.1 Å². The lowest BCUT2D eigenvalue weighted by atomic mass is 10.2. The van der Waals surface area contributed by atoms with E-state index in [-0.39, 0.29) is 17.3 Å². The highest BCUT2D eigenvalue weighted by molar-refractivity contribution is 7.10. The molecule has 2 aromatic heterocycles. The number of aryl methyl sites for hydroxylation is 1. The van der Waals surface area contributed by atoms with Gasteiger partial charge in [0.1, 0.15) is 22.7 Å². The van der Waals surface area contributed by atoms with Gasteiger partial charge >= 0.3 is 0 Å². The van der Waals surface area contributed by atoms with Crippen LogP contribution in [0.25, 0.3) is 0 Å². The van der Waals surface area contributed by atoms with Gasteiger partial charge in [-0.1, -0.05) is 16.8 Å². The number of hydrogen-bond donors (Lipinski definition) is 0. The first-order chi connectivity index (χ1) is 10.1. The van der Waals surface area contributed by atoms with E-state index in [9.17, 15) is 5.26 Å². The molecule has 2 aromatic rings. The van der Waals surface area contributed by atoms with Crippen molar-refractivity contribution < 1.29 is 9.26 Å². The number of halogens is 1. The highest BCUT2D eigenvalue weighted by Crippen LogP contribution is 2.41. The van der Waals surface area contributed by atoms with Gasteiger partial charge in [-0.15, -0.1) is 0 Å². The van der Waals surface area contributed by atoms with E-state index >= 15 is 0 Å². The van der Waals surface area contributed by atoms with E-state index in [4.69, 9.17) is 20.9 Å². The average molecular weight is 326 g/mol. The Hall–Kier alpha value is -1.69. The van der Waals surface area contributed by atoms with E-state index in [1.165, 1.54) is 11.5 Å². The third kappa shape index (κ3) is 2.48. The number of nitrogens with zero attached hydrogens (tertiary/aromatic N) is 5. The normalized spacial score (nSPS) is 21.7. The fourth-order valence-electron chi connectivity index (χ4n) is 2.43. The van der Waals surface area contributed by atoms with Gasteiger partial charge in [-0.05, 0) is 18.5 Å². The number of hydrogen-bond acceptors (Lipinski definition) is 8. The van der Waals surface area contributed by atoms with Gasteiger partial charge in [0.05, 0.1) is 6.10 Å². The van der Waals surface area contributed by atoms with Crippen LogP contribution in [0.4, 0.5) is 5.00 Å². The first kappa shape index (κ1) is 14.3. The third-order valence-corrected chi connectivity index (χ3v) is 4.69. The molecule has 0 unspecified atom stereocenters. The Kier molecular flexibility index (Phi) is 3.80. The first-order valence-corrected chi connectivity index (χ1v) is 7.44. The standard InChI is InChI=1S/C12H12ClN5O2S/c1-6-15-11(20-16-6)9-3-7(19-2)5-18(9)12-8(4-14)10(13)17-21-12/h7,9H,3,5H2,1-2H3/t7-,9+/m0/s1. The van der Waals surface area contributed by atoms with E-state index in [2.05, 4.69) is 20.6 Å². The molecule has 2 atom stereocenters. The summed E-state index contributed by atoms with van der Waals surface area (Å²) in [6.07, 6.45) is 0.730. The van der Waals surface area contributed by atoms with Crippen LogP contribution < -0.4 is 4.90 Å². The smallest absolute Gasteiger partial charge is 0.249 e. The molecule has 0 saturated carbocycles. The van der Waals surface area contributed by atoms with Crippen LogP contribution in [-0.2, 0) is 4.74 Å². The molecule has 3 heterocycles. The Morgan fingerprint density at radius 1 is 1.57 bits per heavy atom. The van der Waals surface area contributed by atoms with Crippen LogP contribution in [0, 0.1) is 18.3 Å². The number of aromatic nitrogens is 3. The fourth-order valence-corrected chi connectivity index (χ4v) is 3.52.